The molecule has 1 nitrogen and oxygen atoms in total. The van der Waals surface area contributed by atoms with Gasteiger partial charge in [0.05, 0.1) is 0 Å². The number of nitrogens with zero attached hydrogens (tertiary/aromatic N) is 1. The summed E-state index contributed by atoms with van der Waals surface area (Å²) in [5, 5.41) is 2.69. The molecule has 2 rings (SSSR count). The van der Waals surface area contributed by atoms with Gasteiger partial charge in [-0.25, -0.2) is 0 Å². The Labute approximate surface area is 122 Å². The van der Waals surface area contributed by atoms with E-state index in [9.17, 15) is 0 Å². The van der Waals surface area contributed by atoms with E-state index in [2.05, 4.69) is 87.3 Å². The van der Waals surface area contributed by atoms with Crippen molar-refractivity contribution < 1.29 is 0 Å². The Kier molecular flexibility index (Phi) is 4.61. The van der Waals surface area contributed by atoms with Gasteiger partial charge in [0, 0.05) is 13.1 Å². The number of rotatable bonds is 4. The van der Waals surface area contributed by atoms with Gasteiger partial charge >= 0.3 is 0 Å². The number of allylic oxidation sites excluding steroid dienone is 1. The van der Waals surface area contributed by atoms with Crippen LogP contribution < -0.4 is 0 Å². The Balaban J connectivity index is 2.07. The topological polar surface area (TPSA) is 3.24 Å². The highest BCUT2D eigenvalue weighted by atomic mass is 15.1. The molecule has 0 amide bonds. The zero-order chi connectivity index (χ0) is 14.6. The van der Waals surface area contributed by atoms with Crippen molar-refractivity contribution in [2.45, 2.75) is 27.3 Å². The van der Waals surface area contributed by atoms with E-state index in [0.29, 0.717) is 0 Å². The van der Waals surface area contributed by atoms with E-state index in [0.717, 1.165) is 13.1 Å². The molecular weight excluding hydrogens is 242 g/mol. The van der Waals surface area contributed by atoms with Crippen LogP contribution in [0.4, 0.5) is 0 Å². The SMILES string of the molecule is CN(C/C=C/C(C)(C)C)Cc1cccc2ccccc12. The maximum Gasteiger partial charge on any atom is 0.0240 e. The largest absolute Gasteiger partial charge is 0.298 e. The lowest BCUT2D eigenvalue weighted by Crippen LogP contribution is -2.18. The predicted molar refractivity (Wildman–Crippen MR) is 88.9 cm³/mol. The van der Waals surface area contributed by atoms with Gasteiger partial charge in [0.1, 0.15) is 0 Å². The molecule has 2 aromatic rings. The number of fused-ring (bicyclic) bond motifs is 1. The molecule has 0 atom stereocenters. The molecule has 0 radical (unpaired) electrons. The fourth-order valence-corrected chi connectivity index (χ4v) is 2.37. The van der Waals surface area contributed by atoms with Crippen molar-refractivity contribution in [3.63, 3.8) is 0 Å². The van der Waals surface area contributed by atoms with E-state index in [-0.39, 0.29) is 5.41 Å². The highest BCUT2D eigenvalue weighted by Crippen LogP contribution is 2.20. The van der Waals surface area contributed by atoms with Crippen molar-refractivity contribution in [1.29, 1.82) is 0 Å². The van der Waals surface area contributed by atoms with Crippen LogP contribution in [0.1, 0.15) is 26.3 Å². The van der Waals surface area contributed by atoms with Gasteiger partial charge in [-0.05, 0) is 28.8 Å². The molecule has 0 aliphatic carbocycles. The van der Waals surface area contributed by atoms with Gasteiger partial charge in [0.2, 0.25) is 0 Å². The van der Waals surface area contributed by atoms with Gasteiger partial charge in [-0.2, -0.15) is 0 Å². The van der Waals surface area contributed by atoms with Crippen LogP contribution in [0.2, 0.25) is 0 Å². The van der Waals surface area contributed by atoms with Crippen molar-refractivity contribution in [3.8, 4) is 0 Å². The fourth-order valence-electron chi connectivity index (χ4n) is 2.37. The first kappa shape index (κ1) is 14.8. The molecular formula is C19H25N. The molecule has 20 heavy (non-hydrogen) atoms. The van der Waals surface area contributed by atoms with E-state index in [1.807, 2.05) is 0 Å². The summed E-state index contributed by atoms with van der Waals surface area (Å²) in [5.41, 5.74) is 1.66. The van der Waals surface area contributed by atoms with Crippen LogP contribution >= 0.6 is 0 Å². The number of hydrogen-bond acceptors (Lipinski definition) is 1. The second-order valence-electron chi connectivity index (χ2n) is 6.60. The van der Waals surface area contributed by atoms with E-state index in [4.69, 9.17) is 0 Å². The molecule has 0 aliphatic rings. The van der Waals surface area contributed by atoms with E-state index < -0.39 is 0 Å². The highest BCUT2D eigenvalue weighted by Gasteiger charge is 2.05. The second-order valence-corrected chi connectivity index (χ2v) is 6.60. The number of hydrogen-bond donors (Lipinski definition) is 0. The zero-order valence-corrected chi connectivity index (χ0v) is 13.1. The van der Waals surface area contributed by atoms with Crippen LogP contribution in [0, 0.1) is 5.41 Å². The molecule has 0 unspecified atom stereocenters. The minimum Gasteiger partial charge on any atom is -0.298 e. The van der Waals surface area contributed by atoms with E-state index >= 15 is 0 Å². The van der Waals surface area contributed by atoms with Crippen LogP contribution in [0.25, 0.3) is 10.8 Å². The molecule has 0 aliphatic heterocycles. The van der Waals surface area contributed by atoms with Crippen LogP contribution in [0.15, 0.2) is 54.6 Å². The molecule has 1 heteroatoms. The smallest absolute Gasteiger partial charge is 0.0240 e. The first-order valence-electron chi connectivity index (χ1n) is 7.28. The van der Waals surface area contributed by atoms with Crippen molar-refractivity contribution in [1.82, 2.24) is 4.90 Å². The van der Waals surface area contributed by atoms with Crippen LogP contribution in [0.5, 0.6) is 0 Å². The molecule has 106 valence electrons. The Morgan fingerprint density at radius 2 is 1.70 bits per heavy atom. The van der Waals surface area contributed by atoms with Crippen LogP contribution in [0.3, 0.4) is 0 Å². The minimum absolute atomic E-state index is 0.264. The monoisotopic (exact) mass is 267 g/mol. The zero-order valence-electron chi connectivity index (χ0n) is 13.1. The predicted octanol–water partition coefficient (Wildman–Crippen LogP) is 4.87. The Hall–Kier alpha value is -1.60. The molecule has 0 aromatic heterocycles. The Morgan fingerprint density at radius 1 is 1.00 bits per heavy atom. The lowest BCUT2D eigenvalue weighted by molar-refractivity contribution is 0.363. The summed E-state index contributed by atoms with van der Waals surface area (Å²) in [5.74, 6) is 0. The maximum absolute atomic E-state index is 2.35. The first-order chi connectivity index (χ1) is 9.46. The summed E-state index contributed by atoms with van der Waals surface area (Å²) in [7, 11) is 2.18. The average molecular weight is 267 g/mol. The number of likely N-dealkylation sites (N-methyl/N-ethyl adjacent to an activating group) is 1. The van der Waals surface area contributed by atoms with Crippen LogP contribution in [-0.4, -0.2) is 18.5 Å². The van der Waals surface area contributed by atoms with Crippen molar-refractivity contribution in [2.24, 2.45) is 5.41 Å². The molecule has 0 fully saturated rings. The summed E-state index contributed by atoms with van der Waals surface area (Å²) in [6.07, 6.45) is 4.55. The van der Waals surface area contributed by atoms with Crippen molar-refractivity contribution in [3.05, 3.63) is 60.2 Å². The van der Waals surface area contributed by atoms with E-state index in [1.165, 1.54) is 16.3 Å². The Morgan fingerprint density at radius 3 is 2.45 bits per heavy atom. The van der Waals surface area contributed by atoms with Gasteiger partial charge in [-0.3, -0.25) is 4.90 Å². The normalized spacial score (nSPS) is 12.7. The van der Waals surface area contributed by atoms with Crippen LogP contribution in [-0.2, 0) is 6.54 Å². The molecule has 0 saturated carbocycles. The third-order valence-corrected chi connectivity index (χ3v) is 3.36. The summed E-state index contributed by atoms with van der Waals surface area (Å²) in [6, 6.07) is 15.2. The fraction of sp³-hybridized carbons (Fsp3) is 0.368. The minimum atomic E-state index is 0.264. The molecule has 0 bridgehead atoms. The summed E-state index contributed by atoms with van der Waals surface area (Å²) >= 11 is 0. The molecule has 0 N–H and O–H groups in total. The standard InChI is InChI=1S/C19H25N/c1-19(2,3)13-8-14-20(4)15-17-11-7-10-16-9-5-6-12-18(16)17/h5-13H,14-15H2,1-4H3/b13-8+. The molecule has 2 aromatic carbocycles. The van der Waals surface area contributed by atoms with Gasteiger partial charge in [0.15, 0.2) is 0 Å². The lowest BCUT2D eigenvalue weighted by Gasteiger charge is -2.17. The third kappa shape index (κ3) is 4.21. The molecule has 0 heterocycles. The molecule has 0 saturated heterocycles. The highest BCUT2D eigenvalue weighted by molar-refractivity contribution is 5.85. The van der Waals surface area contributed by atoms with E-state index in [1.54, 1.807) is 0 Å². The number of benzene rings is 2. The average Bonchev–Trinajstić information content (AvgIpc) is 2.37. The molecule has 0 spiro atoms. The second kappa shape index (κ2) is 6.23. The van der Waals surface area contributed by atoms with Gasteiger partial charge < -0.3 is 0 Å². The summed E-state index contributed by atoms with van der Waals surface area (Å²) < 4.78 is 0. The summed E-state index contributed by atoms with van der Waals surface area (Å²) in [6.45, 7) is 8.66. The summed E-state index contributed by atoms with van der Waals surface area (Å²) in [4.78, 5) is 2.35. The third-order valence-electron chi connectivity index (χ3n) is 3.36. The quantitative estimate of drug-likeness (QED) is 0.714. The van der Waals surface area contributed by atoms with Crippen molar-refractivity contribution >= 4 is 10.8 Å². The Bertz CT molecular complexity index is 585. The maximum atomic E-state index is 2.35. The van der Waals surface area contributed by atoms with Crippen molar-refractivity contribution in [2.75, 3.05) is 13.6 Å². The van der Waals surface area contributed by atoms with Gasteiger partial charge in [-0.15, -0.1) is 0 Å². The lowest BCUT2D eigenvalue weighted by atomic mass is 9.96. The van der Waals surface area contributed by atoms with Gasteiger partial charge in [0.25, 0.3) is 0 Å². The first-order valence-corrected chi connectivity index (χ1v) is 7.28. The van der Waals surface area contributed by atoms with Gasteiger partial charge in [-0.1, -0.05) is 75.4 Å².